The number of pyridine rings is 1. The third kappa shape index (κ3) is 2.83. The van der Waals surface area contributed by atoms with Gasteiger partial charge < -0.3 is 10.6 Å². The van der Waals surface area contributed by atoms with Gasteiger partial charge in [-0.1, -0.05) is 0 Å². The second-order valence-corrected chi connectivity index (χ2v) is 5.63. The van der Waals surface area contributed by atoms with Crippen molar-refractivity contribution in [1.82, 2.24) is 35.3 Å². The first-order valence-electron chi connectivity index (χ1n) is 7.68. The van der Waals surface area contributed by atoms with Crippen molar-refractivity contribution in [2.24, 2.45) is 0 Å². The van der Waals surface area contributed by atoms with E-state index in [0.717, 1.165) is 30.5 Å². The second kappa shape index (κ2) is 6.11. The Morgan fingerprint density at radius 2 is 2.38 bits per heavy atom. The average Bonchev–Trinajstić information content (AvgIpc) is 3.26. The van der Waals surface area contributed by atoms with E-state index in [0.29, 0.717) is 11.5 Å². The molecule has 0 saturated heterocycles. The molecule has 3 heterocycles. The number of nitrogens with one attached hydrogen (secondary N) is 3. The fourth-order valence-electron chi connectivity index (χ4n) is 2.88. The molecule has 0 bridgehead atoms. The van der Waals surface area contributed by atoms with Crippen molar-refractivity contribution in [3.63, 3.8) is 0 Å². The molecule has 122 valence electrons. The normalized spacial score (nSPS) is 16.4. The lowest BCUT2D eigenvalue weighted by molar-refractivity contribution is 0.247. The monoisotopic (exact) mass is 324 g/mol. The zero-order chi connectivity index (χ0) is 16.4. The first-order valence-corrected chi connectivity index (χ1v) is 7.68. The lowest BCUT2D eigenvalue weighted by Gasteiger charge is -2.23. The molecule has 4 rings (SSSR count). The number of anilines is 1. The molecule has 3 aromatic rings. The van der Waals surface area contributed by atoms with Crippen LogP contribution in [0, 0.1) is 0 Å². The predicted molar refractivity (Wildman–Crippen MR) is 85.7 cm³/mol. The number of aryl methyl sites for hydroxylation is 1. The molecular formula is C15H16N8O. The topological polar surface area (TPSA) is 113 Å². The number of nitrogens with zero attached hydrogens (tertiary/aromatic N) is 5. The van der Waals surface area contributed by atoms with Crippen LogP contribution in [0.4, 0.5) is 10.5 Å². The Morgan fingerprint density at radius 1 is 1.42 bits per heavy atom. The van der Waals surface area contributed by atoms with E-state index in [4.69, 9.17) is 0 Å². The molecule has 2 amide bonds. The largest absolute Gasteiger partial charge is 0.335 e. The van der Waals surface area contributed by atoms with E-state index in [1.165, 1.54) is 17.3 Å². The molecule has 0 radical (unpaired) electrons. The maximum Gasteiger partial charge on any atom is 0.319 e. The Labute approximate surface area is 137 Å². The van der Waals surface area contributed by atoms with Crippen molar-refractivity contribution in [3.8, 4) is 5.82 Å². The zero-order valence-corrected chi connectivity index (χ0v) is 12.8. The molecule has 0 spiro atoms. The number of fused-ring (bicyclic) bond motifs is 1. The van der Waals surface area contributed by atoms with Crippen LogP contribution < -0.4 is 10.6 Å². The lowest BCUT2D eigenvalue weighted by atomic mass is 9.94. The number of aromatic nitrogens is 6. The highest BCUT2D eigenvalue weighted by Crippen LogP contribution is 2.19. The standard InChI is InChI=1S/C15H16N8O/c24-15(20-11-3-4-12-10(6-11)7-18-22-12)21-13-2-1-5-17-14(13)23-9-16-8-19-23/h1-2,5,7-9,11H,3-4,6H2,(H,18,22)(H2,20,21,24)/t11-/m0/s1. The summed E-state index contributed by atoms with van der Waals surface area (Å²) in [5, 5.41) is 16.9. The van der Waals surface area contributed by atoms with Crippen LogP contribution in [0.3, 0.4) is 0 Å². The van der Waals surface area contributed by atoms with Gasteiger partial charge in [0, 0.05) is 17.9 Å². The van der Waals surface area contributed by atoms with Gasteiger partial charge in [0.05, 0.1) is 11.9 Å². The van der Waals surface area contributed by atoms with Gasteiger partial charge in [0.1, 0.15) is 12.7 Å². The molecule has 0 unspecified atom stereocenters. The fourth-order valence-corrected chi connectivity index (χ4v) is 2.88. The van der Waals surface area contributed by atoms with Crippen molar-refractivity contribution in [1.29, 1.82) is 0 Å². The van der Waals surface area contributed by atoms with E-state index < -0.39 is 0 Å². The van der Waals surface area contributed by atoms with Gasteiger partial charge in [0.15, 0.2) is 5.82 Å². The number of H-pyrrole nitrogens is 1. The summed E-state index contributed by atoms with van der Waals surface area (Å²) in [6.07, 6.45) is 8.97. The number of carbonyl (C=O) groups excluding carboxylic acids is 1. The van der Waals surface area contributed by atoms with Gasteiger partial charge in [-0.05, 0) is 37.0 Å². The average molecular weight is 324 g/mol. The molecule has 0 aromatic carbocycles. The summed E-state index contributed by atoms with van der Waals surface area (Å²) in [7, 11) is 0. The maximum absolute atomic E-state index is 12.3. The van der Waals surface area contributed by atoms with Gasteiger partial charge in [0.2, 0.25) is 0 Å². The van der Waals surface area contributed by atoms with Crippen molar-refractivity contribution in [2.45, 2.75) is 25.3 Å². The highest BCUT2D eigenvalue weighted by molar-refractivity contribution is 5.91. The summed E-state index contributed by atoms with van der Waals surface area (Å²) in [4.78, 5) is 20.5. The number of aromatic amines is 1. The van der Waals surface area contributed by atoms with E-state index in [1.807, 2.05) is 6.20 Å². The zero-order valence-electron chi connectivity index (χ0n) is 12.8. The second-order valence-electron chi connectivity index (χ2n) is 5.63. The Bertz CT molecular complexity index is 841. The number of rotatable bonds is 3. The summed E-state index contributed by atoms with van der Waals surface area (Å²) in [6, 6.07) is 3.36. The van der Waals surface area contributed by atoms with Crippen molar-refractivity contribution in [2.75, 3.05) is 5.32 Å². The predicted octanol–water partition coefficient (Wildman–Crippen LogP) is 1.06. The molecule has 9 nitrogen and oxygen atoms in total. The molecule has 3 aromatic heterocycles. The number of hydrogen-bond donors (Lipinski definition) is 3. The summed E-state index contributed by atoms with van der Waals surface area (Å²) < 4.78 is 1.51. The van der Waals surface area contributed by atoms with Crippen LogP contribution in [0.15, 0.2) is 37.2 Å². The molecule has 0 fully saturated rings. The van der Waals surface area contributed by atoms with Gasteiger partial charge in [-0.25, -0.2) is 19.4 Å². The van der Waals surface area contributed by atoms with Gasteiger partial charge in [0.25, 0.3) is 0 Å². The lowest BCUT2D eigenvalue weighted by Crippen LogP contribution is -2.41. The molecule has 1 atom stereocenters. The van der Waals surface area contributed by atoms with Crippen LogP contribution in [0.5, 0.6) is 0 Å². The summed E-state index contributed by atoms with van der Waals surface area (Å²) in [6.45, 7) is 0. The van der Waals surface area contributed by atoms with Crippen LogP contribution >= 0.6 is 0 Å². The van der Waals surface area contributed by atoms with Crippen molar-refractivity contribution < 1.29 is 4.79 Å². The quantitative estimate of drug-likeness (QED) is 0.667. The van der Waals surface area contributed by atoms with E-state index >= 15 is 0 Å². The Morgan fingerprint density at radius 3 is 3.25 bits per heavy atom. The minimum Gasteiger partial charge on any atom is -0.335 e. The molecular weight excluding hydrogens is 308 g/mol. The highest BCUT2D eigenvalue weighted by Gasteiger charge is 2.22. The molecule has 3 N–H and O–H groups in total. The van der Waals surface area contributed by atoms with Gasteiger partial charge in [-0.2, -0.15) is 10.2 Å². The number of amides is 2. The van der Waals surface area contributed by atoms with Crippen molar-refractivity contribution >= 4 is 11.7 Å². The van der Waals surface area contributed by atoms with E-state index in [9.17, 15) is 4.79 Å². The van der Waals surface area contributed by atoms with Crippen LogP contribution in [-0.4, -0.2) is 42.0 Å². The van der Waals surface area contributed by atoms with Gasteiger partial charge >= 0.3 is 6.03 Å². The number of carbonyl (C=O) groups is 1. The minimum absolute atomic E-state index is 0.0848. The van der Waals surface area contributed by atoms with Gasteiger partial charge in [-0.15, -0.1) is 0 Å². The third-order valence-electron chi connectivity index (χ3n) is 4.02. The Hall–Kier alpha value is -3.23. The van der Waals surface area contributed by atoms with E-state index in [-0.39, 0.29) is 12.1 Å². The SMILES string of the molecule is O=C(Nc1cccnc1-n1cncn1)N[C@H]1CCc2[nH]ncc2C1. The smallest absolute Gasteiger partial charge is 0.319 e. The molecule has 1 aliphatic carbocycles. The molecule has 1 aliphatic rings. The van der Waals surface area contributed by atoms with E-state index in [2.05, 4.69) is 35.9 Å². The first-order chi connectivity index (χ1) is 11.8. The molecule has 0 saturated carbocycles. The number of hydrogen-bond acceptors (Lipinski definition) is 5. The highest BCUT2D eigenvalue weighted by atomic mass is 16.2. The van der Waals surface area contributed by atoms with Crippen LogP contribution in [0.25, 0.3) is 5.82 Å². The Kier molecular flexibility index (Phi) is 3.66. The summed E-state index contributed by atoms with van der Waals surface area (Å²) >= 11 is 0. The molecule has 24 heavy (non-hydrogen) atoms. The Balaban J connectivity index is 1.44. The minimum atomic E-state index is -0.263. The third-order valence-corrected chi connectivity index (χ3v) is 4.02. The van der Waals surface area contributed by atoms with Crippen LogP contribution in [-0.2, 0) is 12.8 Å². The first kappa shape index (κ1) is 14.4. The van der Waals surface area contributed by atoms with Crippen molar-refractivity contribution in [3.05, 3.63) is 48.4 Å². The van der Waals surface area contributed by atoms with E-state index in [1.54, 1.807) is 18.3 Å². The van der Waals surface area contributed by atoms with Crippen LogP contribution in [0.2, 0.25) is 0 Å². The number of urea groups is 1. The molecule has 0 aliphatic heterocycles. The molecule has 9 heteroatoms. The maximum atomic E-state index is 12.3. The summed E-state index contributed by atoms with van der Waals surface area (Å²) in [5.41, 5.74) is 2.89. The van der Waals surface area contributed by atoms with Crippen LogP contribution in [0.1, 0.15) is 17.7 Å². The summed E-state index contributed by atoms with van der Waals surface area (Å²) in [5.74, 6) is 0.519. The fraction of sp³-hybridized carbons (Fsp3) is 0.267. The van der Waals surface area contributed by atoms with Gasteiger partial charge in [-0.3, -0.25) is 5.10 Å².